The van der Waals surface area contributed by atoms with Gasteiger partial charge in [0, 0.05) is 33.1 Å². The maximum absolute atomic E-state index is 13.2. The Morgan fingerprint density at radius 2 is 1.60 bits per heavy atom. The summed E-state index contributed by atoms with van der Waals surface area (Å²) in [7, 11) is 3.18. The lowest BCUT2D eigenvalue weighted by Gasteiger charge is -2.19. The van der Waals surface area contributed by atoms with Gasteiger partial charge in [-0.05, 0) is 44.2 Å². The molecule has 9 nitrogen and oxygen atoms in total. The monoisotopic (exact) mass is 494 g/mol. The van der Waals surface area contributed by atoms with E-state index >= 15 is 0 Å². The number of hydrogen-bond donors (Lipinski definition) is 0. The molecule has 0 amide bonds. The molecule has 1 aromatic carbocycles. The molecule has 0 saturated heterocycles. The van der Waals surface area contributed by atoms with Crippen molar-refractivity contribution in [2.24, 2.45) is 0 Å². The highest BCUT2D eigenvalue weighted by Gasteiger charge is 2.23. The Morgan fingerprint density at radius 1 is 0.914 bits per heavy atom. The summed E-state index contributed by atoms with van der Waals surface area (Å²) in [6, 6.07) is 3.37. The van der Waals surface area contributed by atoms with E-state index in [1.54, 1.807) is 26.4 Å². The van der Waals surface area contributed by atoms with Gasteiger partial charge in [-0.1, -0.05) is 12.2 Å². The highest BCUT2D eigenvalue weighted by molar-refractivity contribution is 5.97. The number of carbonyl (C=O) groups excluding carboxylic acids is 2. The second kappa shape index (κ2) is 17.0. The number of rotatable bonds is 12. The van der Waals surface area contributed by atoms with Crippen LogP contribution in [0.2, 0.25) is 0 Å². The van der Waals surface area contributed by atoms with Crippen LogP contribution in [0.25, 0.3) is 6.08 Å². The van der Waals surface area contributed by atoms with Crippen LogP contribution < -0.4 is 9.47 Å². The number of benzene rings is 1. The minimum absolute atomic E-state index is 0.0131. The van der Waals surface area contributed by atoms with Gasteiger partial charge >= 0.3 is 5.97 Å². The Hall–Kier alpha value is -2.46. The van der Waals surface area contributed by atoms with Crippen molar-refractivity contribution in [2.75, 3.05) is 54.2 Å². The molecule has 0 aliphatic carbocycles. The van der Waals surface area contributed by atoms with Gasteiger partial charge in [0.25, 0.3) is 0 Å². The molecule has 1 aliphatic heterocycles. The smallest absolute Gasteiger partial charge is 0.342 e. The molecule has 9 heteroatoms. The van der Waals surface area contributed by atoms with Crippen LogP contribution in [0.4, 0.5) is 0 Å². The topological polar surface area (TPSA) is 98.8 Å². The Labute approximate surface area is 207 Å². The van der Waals surface area contributed by atoms with Crippen LogP contribution in [-0.2, 0) is 28.5 Å². The van der Waals surface area contributed by atoms with Crippen LogP contribution >= 0.6 is 0 Å². The van der Waals surface area contributed by atoms with Crippen LogP contribution in [0.1, 0.15) is 61.4 Å². The maximum Gasteiger partial charge on any atom is 0.342 e. The molecule has 1 heterocycles. The summed E-state index contributed by atoms with van der Waals surface area (Å²) in [6.45, 7) is 3.39. The molecule has 35 heavy (non-hydrogen) atoms. The molecule has 2 rings (SSSR count). The van der Waals surface area contributed by atoms with E-state index < -0.39 is 5.97 Å². The van der Waals surface area contributed by atoms with Crippen LogP contribution in [-0.4, -0.2) is 72.1 Å². The number of cyclic esters (lactones) is 1. The number of hydrogen-bond acceptors (Lipinski definition) is 9. The minimum atomic E-state index is -0.504. The van der Waals surface area contributed by atoms with E-state index in [1.807, 2.05) is 19.1 Å². The third kappa shape index (κ3) is 11.2. The molecule has 0 bridgehead atoms. The van der Waals surface area contributed by atoms with E-state index in [2.05, 4.69) is 0 Å². The summed E-state index contributed by atoms with van der Waals surface area (Å²) in [5, 5.41) is 0. The fraction of sp³-hybridized carbons (Fsp3) is 0.615. The predicted octanol–water partition coefficient (Wildman–Crippen LogP) is 4.17. The lowest BCUT2D eigenvalue weighted by molar-refractivity contribution is -0.119. The number of ether oxygens (including phenoxy) is 7. The van der Waals surface area contributed by atoms with Crippen molar-refractivity contribution in [3.8, 4) is 11.5 Å². The molecule has 0 N–H and O–H groups in total. The first kappa shape index (κ1) is 28.8. The lowest BCUT2D eigenvalue weighted by Crippen LogP contribution is -2.18. The molecule has 1 aliphatic rings. The van der Waals surface area contributed by atoms with E-state index in [4.69, 9.17) is 33.2 Å². The number of carbonyl (C=O) groups is 2. The fourth-order valence-electron chi connectivity index (χ4n) is 3.41. The van der Waals surface area contributed by atoms with Crippen molar-refractivity contribution in [1.82, 2.24) is 0 Å². The van der Waals surface area contributed by atoms with Gasteiger partial charge in [-0.15, -0.1) is 0 Å². The van der Waals surface area contributed by atoms with Crippen molar-refractivity contribution in [1.29, 1.82) is 0 Å². The Morgan fingerprint density at radius 3 is 2.31 bits per heavy atom. The van der Waals surface area contributed by atoms with Gasteiger partial charge < -0.3 is 33.2 Å². The second-order valence-corrected chi connectivity index (χ2v) is 8.15. The number of methoxy groups -OCH3 is 2. The van der Waals surface area contributed by atoms with Crippen LogP contribution in [0, 0.1) is 0 Å². The van der Waals surface area contributed by atoms with Gasteiger partial charge in [0.1, 0.15) is 22.8 Å². The molecule has 1 atom stereocenters. The van der Waals surface area contributed by atoms with Crippen molar-refractivity contribution < 1.29 is 42.7 Å². The minimum Gasteiger partial charge on any atom is -0.467 e. The average molecular weight is 495 g/mol. The summed E-state index contributed by atoms with van der Waals surface area (Å²) in [4.78, 5) is 25.2. The van der Waals surface area contributed by atoms with Crippen molar-refractivity contribution >= 4 is 17.8 Å². The number of esters is 1. The van der Waals surface area contributed by atoms with E-state index in [9.17, 15) is 9.59 Å². The first-order valence-corrected chi connectivity index (χ1v) is 12.0. The zero-order valence-electron chi connectivity index (χ0n) is 21.0. The number of Topliss-reactive ketones (excluding diaryl/α,β-unsaturated/α-hetero) is 1. The Kier molecular flexibility index (Phi) is 14.0. The second-order valence-electron chi connectivity index (χ2n) is 8.15. The van der Waals surface area contributed by atoms with E-state index in [1.165, 1.54) is 0 Å². The van der Waals surface area contributed by atoms with Crippen molar-refractivity contribution in [2.45, 2.75) is 51.6 Å². The SMILES string of the molecule is COCCOCOc1cc2c(c(OCOCCOC)c1)C(=O)O[C@@H](C)CCCC(=O)CCC/C=C/2. The van der Waals surface area contributed by atoms with Gasteiger partial charge in [-0.2, -0.15) is 0 Å². The fourth-order valence-corrected chi connectivity index (χ4v) is 3.41. The predicted molar refractivity (Wildman–Crippen MR) is 130 cm³/mol. The molecule has 1 aromatic rings. The highest BCUT2D eigenvalue weighted by atomic mass is 16.7. The molecule has 0 unspecified atom stereocenters. The zero-order chi connectivity index (χ0) is 25.3. The van der Waals surface area contributed by atoms with Gasteiger partial charge in [0.2, 0.25) is 0 Å². The normalized spacial score (nSPS) is 18.3. The average Bonchev–Trinajstić information content (AvgIpc) is 2.83. The number of fused-ring (bicyclic) bond motifs is 1. The molecule has 0 spiro atoms. The summed E-state index contributed by atoms with van der Waals surface area (Å²) >= 11 is 0. The molecule has 0 aromatic heterocycles. The van der Waals surface area contributed by atoms with Crippen molar-refractivity contribution in [3.05, 3.63) is 29.3 Å². The van der Waals surface area contributed by atoms with Gasteiger partial charge in [0.15, 0.2) is 13.6 Å². The van der Waals surface area contributed by atoms with Crippen LogP contribution in [0.3, 0.4) is 0 Å². The van der Waals surface area contributed by atoms with Gasteiger partial charge in [-0.25, -0.2) is 4.79 Å². The number of ketones is 1. The summed E-state index contributed by atoms with van der Waals surface area (Å²) < 4.78 is 38.1. The maximum atomic E-state index is 13.2. The van der Waals surface area contributed by atoms with Gasteiger partial charge in [-0.3, -0.25) is 4.79 Å². The molecule has 196 valence electrons. The standard InChI is InChI=1S/C26H38O9/c1-20-8-7-11-22(27)10-6-4-5-9-21-16-23(33-18-31-14-12-29-2)17-24(25(21)26(28)35-20)34-19-32-15-13-30-3/h5,9,16-17,20H,4,6-8,10-15,18-19H2,1-3H3/b9-5+/t20-/m0/s1. The summed E-state index contributed by atoms with van der Waals surface area (Å²) in [5.41, 5.74) is 0.885. The molecular formula is C26H38O9. The molecule has 0 saturated carbocycles. The van der Waals surface area contributed by atoms with E-state index in [-0.39, 0.29) is 31.2 Å². The zero-order valence-corrected chi connectivity index (χ0v) is 21.0. The Bertz CT molecular complexity index is 806. The highest BCUT2D eigenvalue weighted by Crippen LogP contribution is 2.32. The molecular weight excluding hydrogens is 456 g/mol. The number of allylic oxidation sites excluding steroid dienone is 1. The summed E-state index contributed by atoms with van der Waals surface area (Å²) in [6.07, 6.45) is 7.22. The lowest BCUT2D eigenvalue weighted by atomic mass is 10.0. The van der Waals surface area contributed by atoms with Crippen LogP contribution in [0.15, 0.2) is 18.2 Å². The first-order chi connectivity index (χ1) is 17.0. The first-order valence-electron chi connectivity index (χ1n) is 12.0. The largest absolute Gasteiger partial charge is 0.467 e. The van der Waals surface area contributed by atoms with E-state index in [0.29, 0.717) is 75.4 Å². The molecule has 0 radical (unpaired) electrons. The Balaban J connectivity index is 2.31. The molecule has 0 fully saturated rings. The third-order valence-electron chi connectivity index (χ3n) is 5.28. The van der Waals surface area contributed by atoms with Crippen molar-refractivity contribution in [3.63, 3.8) is 0 Å². The summed E-state index contributed by atoms with van der Waals surface area (Å²) in [5.74, 6) is 0.490. The quantitative estimate of drug-likeness (QED) is 0.241. The van der Waals surface area contributed by atoms with Gasteiger partial charge in [0.05, 0.1) is 32.5 Å². The van der Waals surface area contributed by atoms with E-state index in [0.717, 1.165) is 6.42 Å². The third-order valence-corrected chi connectivity index (χ3v) is 5.28. The van der Waals surface area contributed by atoms with Crippen LogP contribution in [0.5, 0.6) is 11.5 Å².